The Bertz CT molecular complexity index is 699. The molecule has 0 aromatic carbocycles. The van der Waals surface area contributed by atoms with Gasteiger partial charge in [-0.1, -0.05) is 0 Å². The SMILES string of the molecule is C[C@H](OC(=O)[C@H]1[C@@H]2CC[C@@](N)(C(=O)O)[C@@H]21)OC(=O)C12CC3CC(CC(C3)C1)C2. The Labute approximate surface area is 164 Å². The molecule has 5 atom stereocenters. The molecule has 154 valence electrons. The lowest BCUT2D eigenvalue weighted by Gasteiger charge is -2.55. The number of nitrogens with two attached hydrogens (primary N) is 1. The van der Waals surface area contributed by atoms with E-state index >= 15 is 0 Å². The first-order chi connectivity index (χ1) is 13.2. The molecule has 0 heterocycles. The summed E-state index contributed by atoms with van der Waals surface area (Å²) < 4.78 is 11.0. The van der Waals surface area contributed by atoms with Crippen LogP contribution in [-0.4, -0.2) is 34.8 Å². The molecule has 0 aromatic heterocycles. The molecule has 6 fully saturated rings. The van der Waals surface area contributed by atoms with E-state index < -0.39 is 29.7 Å². The largest absolute Gasteiger partial charge is 0.480 e. The van der Waals surface area contributed by atoms with Gasteiger partial charge in [-0.25, -0.2) is 0 Å². The molecule has 0 aromatic rings. The summed E-state index contributed by atoms with van der Waals surface area (Å²) in [6, 6.07) is 0. The molecule has 6 rings (SSSR count). The van der Waals surface area contributed by atoms with E-state index in [9.17, 15) is 19.5 Å². The molecule has 6 saturated carbocycles. The first kappa shape index (κ1) is 18.4. The normalized spacial score (nSPS) is 48.6. The molecule has 0 saturated heterocycles. The van der Waals surface area contributed by atoms with Crippen LogP contribution in [0.5, 0.6) is 0 Å². The summed E-state index contributed by atoms with van der Waals surface area (Å²) in [6.07, 6.45) is 6.49. The maximum atomic E-state index is 13.0. The monoisotopic (exact) mass is 391 g/mol. The van der Waals surface area contributed by atoms with Gasteiger partial charge in [0, 0.05) is 12.8 Å². The van der Waals surface area contributed by atoms with E-state index in [-0.39, 0.29) is 23.2 Å². The van der Waals surface area contributed by atoms with Crippen molar-refractivity contribution in [1.82, 2.24) is 0 Å². The van der Waals surface area contributed by atoms with E-state index in [4.69, 9.17) is 15.2 Å². The zero-order chi connectivity index (χ0) is 19.8. The molecule has 3 N–H and O–H groups in total. The fourth-order valence-corrected chi connectivity index (χ4v) is 7.48. The van der Waals surface area contributed by atoms with Gasteiger partial charge >= 0.3 is 17.9 Å². The van der Waals surface area contributed by atoms with E-state index in [1.54, 1.807) is 6.92 Å². The van der Waals surface area contributed by atoms with Crippen LogP contribution in [0.4, 0.5) is 0 Å². The Kier molecular flexibility index (Phi) is 3.90. The fourth-order valence-electron chi connectivity index (χ4n) is 7.48. The Morgan fingerprint density at radius 2 is 1.61 bits per heavy atom. The Hall–Kier alpha value is -1.63. The highest BCUT2D eigenvalue weighted by molar-refractivity contribution is 5.86. The van der Waals surface area contributed by atoms with Crippen molar-refractivity contribution in [1.29, 1.82) is 0 Å². The lowest BCUT2D eigenvalue weighted by molar-refractivity contribution is -0.202. The molecule has 6 aliphatic rings. The number of carbonyl (C=O) groups excluding carboxylic acids is 2. The lowest BCUT2D eigenvalue weighted by Crippen LogP contribution is -2.51. The summed E-state index contributed by atoms with van der Waals surface area (Å²) >= 11 is 0. The van der Waals surface area contributed by atoms with Gasteiger partial charge < -0.3 is 20.3 Å². The average molecular weight is 391 g/mol. The van der Waals surface area contributed by atoms with Gasteiger partial charge in [0.1, 0.15) is 5.54 Å². The minimum absolute atomic E-state index is 0.0281. The van der Waals surface area contributed by atoms with Crippen LogP contribution in [0.1, 0.15) is 58.3 Å². The number of hydrogen-bond acceptors (Lipinski definition) is 6. The van der Waals surface area contributed by atoms with E-state index in [1.807, 2.05) is 0 Å². The summed E-state index contributed by atoms with van der Waals surface area (Å²) in [5, 5.41) is 9.38. The predicted octanol–water partition coefficient (Wildman–Crippen LogP) is 2.07. The van der Waals surface area contributed by atoms with Crippen LogP contribution in [0.15, 0.2) is 0 Å². The van der Waals surface area contributed by atoms with Crippen LogP contribution in [0.25, 0.3) is 0 Å². The summed E-state index contributed by atoms with van der Waals surface area (Å²) in [5.41, 5.74) is 4.28. The van der Waals surface area contributed by atoms with E-state index in [2.05, 4.69) is 0 Å². The van der Waals surface area contributed by atoms with Crippen molar-refractivity contribution >= 4 is 17.9 Å². The molecule has 0 spiro atoms. The van der Waals surface area contributed by atoms with E-state index in [1.165, 1.54) is 19.3 Å². The third kappa shape index (κ3) is 2.61. The molecular formula is C21H29NO6. The number of hydrogen-bond donors (Lipinski definition) is 2. The summed E-state index contributed by atoms with van der Waals surface area (Å²) in [4.78, 5) is 36.9. The molecule has 0 amide bonds. The molecule has 28 heavy (non-hydrogen) atoms. The van der Waals surface area contributed by atoms with Crippen molar-refractivity contribution in [2.75, 3.05) is 0 Å². The Morgan fingerprint density at radius 1 is 1.04 bits per heavy atom. The molecule has 0 unspecified atom stereocenters. The minimum Gasteiger partial charge on any atom is -0.480 e. The van der Waals surface area contributed by atoms with Crippen molar-refractivity contribution < 1.29 is 29.0 Å². The number of carboxylic acid groups (broad SMARTS) is 1. The number of ether oxygens (including phenoxy) is 2. The number of aliphatic carboxylic acids is 1. The van der Waals surface area contributed by atoms with Crippen LogP contribution >= 0.6 is 0 Å². The third-order valence-electron chi connectivity index (χ3n) is 8.35. The minimum atomic E-state index is -1.34. The second-order valence-corrected chi connectivity index (χ2v) is 10.2. The number of fused-ring (bicyclic) bond motifs is 1. The second-order valence-electron chi connectivity index (χ2n) is 10.2. The Morgan fingerprint density at radius 3 is 2.14 bits per heavy atom. The lowest BCUT2D eigenvalue weighted by atomic mass is 9.49. The highest BCUT2D eigenvalue weighted by atomic mass is 16.7. The van der Waals surface area contributed by atoms with E-state index in [0.717, 1.165) is 19.3 Å². The molecule has 4 bridgehead atoms. The fraction of sp³-hybridized carbons (Fsp3) is 0.857. The van der Waals surface area contributed by atoms with Gasteiger partial charge in [0.25, 0.3) is 0 Å². The molecule has 0 radical (unpaired) electrons. The molecule has 6 aliphatic carbocycles. The predicted molar refractivity (Wildman–Crippen MR) is 96.5 cm³/mol. The summed E-state index contributed by atoms with van der Waals surface area (Å²) in [6.45, 7) is 1.57. The van der Waals surface area contributed by atoms with Crippen molar-refractivity contribution in [3.05, 3.63) is 0 Å². The van der Waals surface area contributed by atoms with Crippen molar-refractivity contribution in [3.8, 4) is 0 Å². The van der Waals surface area contributed by atoms with Crippen LogP contribution in [0.3, 0.4) is 0 Å². The number of esters is 2. The summed E-state index contributed by atoms with van der Waals surface area (Å²) in [5.74, 6) is -0.753. The van der Waals surface area contributed by atoms with Crippen LogP contribution in [0.2, 0.25) is 0 Å². The van der Waals surface area contributed by atoms with Gasteiger partial charge in [-0.15, -0.1) is 0 Å². The average Bonchev–Trinajstić information content (AvgIpc) is 3.24. The number of carboxylic acids is 1. The maximum absolute atomic E-state index is 13.0. The van der Waals surface area contributed by atoms with Gasteiger partial charge in [0.2, 0.25) is 6.29 Å². The maximum Gasteiger partial charge on any atom is 0.324 e. The number of rotatable bonds is 5. The molecule has 0 aliphatic heterocycles. The summed E-state index contributed by atoms with van der Waals surface area (Å²) in [7, 11) is 0. The van der Waals surface area contributed by atoms with Gasteiger partial charge in [0.15, 0.2) is 0 Å². The van der Waals surface area contributed by atoms with Crippen LogP contribution in [0, 0.1) is 40.9 Å². The smallest absolute Gasteiger partial charge is 0.324 e. The first-order valence-corrected chi connectivity index (χ1v) is 10.7. The van der Waals surface area contributed by atoms with Crippen molar-refractivity contribution in [2.45, 2.75) is 70.1 Å². The van der Waals surface area contributed by atoms with Gasteiger partial charge in [-0.2, -0.15) is 0 Å². The quantitative estimate of drug-likeness (QED) is 0.544. The van der Waals surface area contributed by atoms with Crippen molar-refractivity contribution in [2.24, 2.45) is 46.7 Å². The van der Waals surface area contributed by atoms with Gasteiger partial charge in [-0.3, -0.25) is 14.4 Å². The molecule has 7 heteroatoms. The standard InChI is InChI=1S/C21H29NO6/c1-10(27-17(23)15-14-2-3-21(22,16(14)15)18(24)25)28-19(26)20-7-11-4-12(8-20)6-13(5-11)9-20/h10-16H,2-9,22H2,1H3,(H,24,25)/t10-,11?,12?,13?,14+,15+,16+,20?,21+/m1/s1. The molecule has 7 nitrogen and oxygen atoms in total. The van der Waals surface area contributed by atoms with Crippen LogP contribution in [-0.2, 0) is 23.9 Å². The van der Waals surface area contributed by atoms with Crippen LogP contribution < -0.4 is 5.73 Å². The number of carbonyl (C=O) groups is 3. The highest BCUT2D eigenvalue weighted by Crippen LogP contribution is 2.62. The zero-order valence-electron chi connectivity index (χ0n) is 16.3. The zero-order valence-corrected chi connectivity index (χ0v) is 16.3. The van der Waals surface area contributed by atoms with Gasteiger partial charge in [-0.05, 0) is 75.0 Å². The third-order valence-corrected chi connectivity index (χ3v) is 8.35. The second kappa shape index (κ2) is 5.94. The molecular weight excluding hydrogens is 362 g/mol. The topological polar surface area (TPSA) is 116 Å². The van der Waals surface area contributed by atoms with E-state index in [0.29, 0.717) is 30.6 Å². The first-order valence-electron chi connectivity index (χ1n) is 10.7. The van der Waals surface area contributed by atoms with Crippen molar-refractivity contribution in [3.63, 3.8) is 0 Å². The highest BCUT2D eigenvalue weighted by Gasteiger charge is 2.70. The van der Waals surface area contributed by atoms with Gasteiger partial charge in [0.05, 0.1) is 11.3 Å². The Balaban J connectivity index is 1.18.